The third-order valence-corrected chi connectivity index (χ3v) is 3.08. The summed E-state index contributed by atoms with van der Waals surface area (Å²) in [5, 5.41) is 12.2. The fraction of sp³-hybridized carbons (Fsp3) is 0.462. The monoisotopic (exact) mass is 215 g/mol. The van der Waals surface area contributed by atoms with E-state index < -0.39 is 0 Å². The lowest BCUT2D eigenvalue weighted by Crippen LogP contribution is -2.43. The Kier molecular flexibility index (Phi) is 3.55. The van der Waals surface area contributed by atoms with Crippen LogP contribution in [0, 0.1) is 18.3 Å². The zero-order chi connectivity index (χ0) is 11.4. The third-order valence-electron chi connectivity index (χ3n) is 3.08. The molecule has 0 aromatic heterocycles. The predicted octanol–water partition coefficient (Wildman–Crippen LogP) is 1.27. The molecule has 0 unspecified atom stereocenters. The van der Waals surface area contributed by atoms with Gasteiger partial charge in [0.1, 0.15) is 0 Å². The minimum atomic E-state index is 0.760. The molecule has 3 nitrogen and oxygen atoms in total. The molecule has 0 spiro atoms. The van der Waals surface area contributed by atoms with E-state index in [1.165, 1.54) is 11.1 Å². The molecule has 0 bridgehead atoms. The predicted molar refractivity (Wildman–Crippen MR) is 64.0 cm³/mol. The molecular formula is C13H17N3. The first-order chi connectivity index (χ1) is 7.79. The van der Waals surface area contributed by atoms with Gasteiger partial charge in [0.25, 0.3) is 0 Å². The lowest BCUT2D eigenvalue weighted by atomic mass is 10.0. The molecule has 0 radical (unpaired) electrons. The largest absolute Gasteiger partial charge is 0.314 e. The van der Waals surface area contributed by atoms with Crippen LogP contribution in [-0.2, 0) is 6.54 Å². The molecule has 1 N–H and O–H groups in total. The maximum atomic E-state index is 8.89. The second-order valence-corrected chi connectivity index (χ2v) is 4.28. The molecule has 16 heavy (non-hydrogen) atoms. The minimum Gasteiger partial charge on any atom is -0.314 e. The first-order valence-electron chi connectivity index (χ1n) is 5.72. The number of hydrogen-bond donors (Lipinski definition) is 1. The van der Waals surface area contributed by atoms with Gasteiger partial charge in [-0.3, -0.25) is 4.90 Å². The molecule has 1 saturated heterocycles. The van der Waals surface area contributed by atoms with Gasteiger partial charge in [-0.15, -0.1) is 0 Å². The fourth-order valence-corrected chi connectivity index (χ4v) is 2.02. The lowest BCUT2D eigenvalue weighted by Gasteiger charge is -2.27. The normalized spacial score (nSPS) is 17.0. The third kappa shape index (κ3) is 2.60. The number of benzene rings is 1. The number of nitrogens with zero attached hydrogens (tertiary/aromatic N) is 2. The molecule has 2 rings (SSSR count). The van der Waals surface area contributed by atoms with E-state index >= 15 is 0 Å². The molecule has 84 valence electrons. The van der Waals surface area contributed by atoms with Crippen LogP contribution in [0.4, 0.5) is 0 Å². The summed E-state index contributed by atoms with van der Waals surface area (Å²) in [5.74, 6) is 0. The lowest BCUT2D eigenvalue weighted by molar-refractivity contribution is 0.233. The van der Waals surface area contributed by atoms with Crippen LogP contribution in [0.25, 0.3) is 0 Å². The zero-order valence-corrected chi connectivity index (χ0v) is 9.66. The van der Waals surface area contributed by atoms with Crippen molar-refractivity contribution in [2.45, 2.75) is 13.5 Å². The average molecular weight is 215 g/mol. The van der Waals surface area contributed by atoms with Gasteiger partial charge in [0.15, 0.2) is 0 Å². The second kappa shape index (κ2) is 5.11. The van der Waals surface area contributed by atoms with Crippen molar-refractivity contribution in [2.24, 2.45) is 0 Å². The van der Waals surface area contributed by atoms with Crippen molar-refractivity contribution in [3.63, 3.8) is 0 Å². The van der Waals surface area contributed by atoms with Crippen LogP contribution in [0.3, 0.4) is 0 Å². The molecule has 1 heterocycles. The van der Waals surface area contributed by atoms with Gasteiger partial charge in [-0.1, -0.05) is 6.07 Å². The first kappa shape index (κ1) is 11.1. The van der Waals surface area contributed by atoms with Crippen molar-refractivity contribution in [2.75, 3.05) is 26.2 Å². The fourth-order valence-electron chi connectivity index (χ4n) is 2.02. The number of aryl methyl sites for hydroxylation is 1. The standard InChI is InChI=1S/C13H17N3/c1-11-2-3-12(9-14)8-13(11)10-16-6-4-15-5-7-16/h2-3,8,15H,4-7,10H2,1H3. The average Bonchev–Trinajstić information content (AvgIpc) is 2.33. The summed E-state index contributed by atoms with van der Waals surface area (Å²) >= 11 is 0. The molecule has 1 fully saturated rings. The van der Waals surface area contributed by atoms with Crippen LogP contribution in [0.2, 0.25) is 0 Å². The summed E-state index contributed by atoms with van der Waals surface area (Å²) in [6.07, 6.45) is 0. The van der Waals surface area contributed by atoms with Crippen LogP contribution in [0.5, 0.6) is 0 Å². The Morgan fingerprint density at radius 2 is 2.12 bits per heavy atom. The highest BCUT2D eigenvalue weighted by atomic mass is 15.2. The first-order valence-corrected chi connectivity index (χ1v) is 5.72. The van der Waals surface area contributed by atoms with E-state index in [4.69, 9.17) is 5.26 Å². The molecule has 1 aromatic carbocycles. The van der Waals surface area contributed by atoms with Gasteiger partial charge in [0.2, 0.25) is 0 Å². The highest BCUT2D eigenvalue weighted by Gasteiger charge is 2.11. The number of piperazine rings is 1. The van der Waals surface area contributed by atoms with Crippen LogP contribution in [0.1, 0.15) is 16.7 Å². The molecule has 1 aromatic rings. The molecule has 1 aliphatic rings. The van der Waals surface area contributed by atoms with Crippen molar-refractivity contribution in [3.05, 3.63) is 34.9 Å². The van der Waals surface area contributed by atoms with Gasteiger partial charge in [0, 0.05) is 32.7 Å². The van der Waals surface area contributed by atoms with E-state index in [1.807, 2.05) is 18.2 Å². The summed E-state index contributed by atoms with van der Waals surface area (Å²) < 4.78 is 0. The van der Waals surface area contributed by atoms with Crippen molar-refractivity contribution in [3.8, 4) is 6.07 Å². The van der Waals surface area contributed by atoms with Gasteiger partial charge < -0.3 is 5.32 Å². The molecule has 1 aliphatic heterocycles. The van der Waals surface area contributed by atoms with Gasteiger partial charge >= 0.3 is 0 Å². The summed E-state index contributed by atoms with van der Waals surface area (Å²) in [7, 11) is 0. The van der Waals surface area contributed by atoms with Crippen molar-refractivity contribution >= 4 is 0 Å². The highest BCUT2D eigenvalue weighted by Crippen LogP contribution is 2.13. The van der Waals surface area contributed by atoms with Crippen molar-refractivity contribution in [1.82, 2.24) is 10.2 Å². The molecule has 0 saturated carbocycles. The van der Waals surface area contributed by atoms with E-state index in [1.54, 1.807) is 0 Å². The maximum absolute atomic E-state index is 8.89. The summed E-state index contributed by atoms with van der Waals surface area (Å²) in [6.45, 7) is 7.39. The molecular weight excluding hydrogens is 198 g/mol. The Balaban J connectivity index is 2.10. The van der Waals surface area contributed by atoms with Crippen molar-refractivity contribution in [1.29, 1.82) is 5.26 Å². The molecule has 0 aliphatic carbocycles. The quantitative estimate of drug-likeness (QED) is 0.807. The van der Waals surface area contributed by atoms with Gasteiger partial charge in [-0.05, 0) is 30.2 Å². The summed E-state index contributed by atoms with van der Waals surface area (Å²) in [4.78, 5) is 2.43. The smallest absolute Gasteiger partial charge is 0.0991 e. The van der Waals surface area contributed by atoms with E-state index in [2.05, 4.69) is 23.2 Å². The van der Waals surface area contributed by atoms with Crippen LogP contribution >= 0.6 is 0 Å². The zero-order valence-electron chi connectivity index (χ0n) is 9.66. The Bertz CT molecular complexity index is 400. The SMILES string of the molecule is Cc1ccc(C#N)cc1CN1CCNCC1. The number of nitriles is 1. The van der Waals surface area contributed by atoms with Gasteiger partial charge in [-0.2, -0.15) is 5.26 Å². The van der Waals surface area contributed by atoms with Crippen LogP contribution in [-0.4, -0.2) is 31.1 Å². The van der Waals surface area contributed by atoms with Gasteiger partial charge in [-0.25, -0.2) is 0 Å². The Morgan fingerprint density at radius 3 is 2.81 bits per heavy atom. The number of hydrogen-bond acceptors (Lipinski definition) is 3. The van der Waals surface area contributed by atoms with Crippen molar-refractivity contribution < 1.29 is 0 Å². The maximum Gasteiger partial charge on any atom is 0.0991 e. The highest BCUT2D eigenvalue weighted by molar-refractivity contribution is 5.37. The number of rotatable bonds is 2. The number of nitrogens with one attached hydrogen (secondary N) is 1. The van der Waals surface area contributed by atoms with E-state index in [9.17, 15) is 0 Å². The summed E-state index contributed by atoms with van der Waals surface area (Å²) in [5.41, 5.74) is 3.31. The Hall–Kier alpha value is -1.37. The van der Waals surface area contributed by atoms with Gasteiger partial charge in [0.05, 0.1) is 11.6 Å². The molecule has 3 heteroatoms. The van der Waals surface area contributed by atoms with Crippen LogP contribution in [0.15, 0.2) is 18.2 Å². The topological polar surface area (TPSA) is 39.1 Å². The molecule has 0 atom stereocenters. The Morgan fingerprint density at radius 1 is 1.38 bits per heavy atom. The van der Waals surface area contributed by atoms with E-state index in [-0.39, 0.29) is 0 Å². The Labute approximate surface area is 96.7 Å². The second-order valence-electron chi connectivity index (χ2n) is 4.28. The minimum absolute atomic E-state index is 0.760. The molecule has 0 amide bonds. The van der Waals surface area contributed by atoms with Crippen LogP contribution < -0.4 is 5.32 Å². The van der Waals surface area contributed by atoms with E-state index in [0.29, 0.717) is 0 Å². The summed E-state index contributed by atoms with van der Waals surface area (Å²) in [6, 6.07) is 8.14. The van der Waals surface area contributed by atoms with E-state index in [0.717, 1.165) is 38.3 Å².